The molecule has 0 aliphatic carbocycles. The van der Waals surface area contributed by atoms with Crippen molar-refractivity contribution < 1.29 is 23.1 Å². The van der Waals surface area contributed by atoms with Gasteiger partial charge in [0.25, 0.3) is 0 Å². The predicted molar refractivity (Wildman–Crippen MR) is 86.8 cm³/mol. The van der Waals surface area contributed by atoms with E-state index in [-0.39, 0.29) is 31.4 Å². The first-order valence-electron chi connectivity index (χ1n) is 8.01. The Kier molecular flexibility index (Phi) is 5.07. The summed E-state index contributed by atoms with van der Waals surface area (Å²) in [6.07, 6.45) is 0.100. The summed E-state index contributed by atoms with van der Waals surface area (Å²) in [5.74, 6) is -2.26. The highest BCUT2D eigenvalue weighted by Crippen LogP contribution is 2.19. The van der Waals surface area contributed by atoms with Crippen LogP contribution in [-0.4, -0.2) is 29.5 Å². The molecule has 6 heteroatoms. The topological polar surface area (TPSA) is 46.6 Å². The third-order valence-electron chi connectivity index (χ3n) is 4.16. The molecule has 1 fully saturated rings. The van der Waals surface area contributed by atoms with Crippen LogP contribution in [0.15, 0.2) is 48.5 Å². The second-order valence-electron chi connectivity index (χ2n) is 5.93. The molecule has 0 unspecified atom stereocenters. The van der Waals surface area contributed by atoms with Crippen molar-refractivity contribution in [2.45, 2.75) is 25.3 Å². The van der Waals surface area contributed by atoms with Gasteiger partial charge in [-0.05, 0) is 36.1 Å². The van der Waals surface area contributed by atoms with Gasteiger partial charge in [0.1, 0.15) is 6.61 Å². The minimum Gasteiger partial charge on any atom is -0.447 e. The van der Waals surface area contributed by atoms with E-state index in [0.29, 0.717) is 12.0 Å². The fourth-order valence-corrected chi connectivity index (χ4v) is 2.87. The van der Waals surface area contributed by atoms with Gasteiger partial charge in [0.2, 0.25) is 5.91 Å². The number of benzene rings is 2. The molecule has 2 aromatic rings. The summed E-state index contributed by atoms with van der Waals surface area (Å²) in [4.78, 5) is 25.5. The second-order valence-corrected chi connectivity index (χ2v) is 5.93. The fraction of sp³-hybridized carbons (Fsp3) is 0.263. The van der Waals surface area contributed by atoms with Gasteiger partial charge in [0, 0.05) is 6.42 Å². The Morgan fingerprint density at radius 3 is 2.56 bits per heavy atom. The molecule has 2 aromatic carbocycles. The molecule has 1 saturated heterocycles. The van der Waals surface area contributed by atoms with Gasteiger partial charge in [0.05, 0.1) is 6.04 Å². The van der Waals surface area contributed by atoms with Crippen LogP contribution in [-0.2, 0) is 22.4 Å². The van der Waals surface area contributed by atoms with E-state index in [1.165, 1.54) is 6.07 Å². The van der Waals surface area contributed by atoms with E-state index in [1.807, 2.05) is 30.3 Å². The molecule has 0 bridgehead atoms. The predicted octanol–water partition coefficient (Wildman–Crippen LogP) is 3.49. The molecular formula is C19H17F2NO3. The molecule has 25 heavy (non-hydrogen) atoms. The average Bonchev–Trinajstić information content (AvgIpc) is 2.97. The molecule has 1 heterocycles. The Labute approximate surface area is 144 Å². The number of rotatable bonds is 5. The molecule has 2 amide bonds. The van der Waals surface area contributed by atoms with E-state index in [4.69, 9.17) is 4.74 Å². The standard InChI is InChI=1S/C19H17F2NO3/c20-16-8-6-14(11-17(16)21)7-9-18(23)22-15(12-25-19(22)24)10-13-4-2-1-3-5-13/h1-6,8,11,15H,7,9-10,12H2/t15-/m1/s1. The van der Waals surface area contributed by atoms with Crippen LogP contribution in [0.2, 0.25) is 0 Å². The van der Waals surface area contributed by atoms with Gasteiger partial charge in [0.15, 0.2) is 11.6 Å². The van der Waals surface area contributed by atoms with Crippen molar-refractivity contribution in [3.8, 4) is 0 Å². The lowest BCUT2D eigenvalue weighted by Gasteiger charge is -2.19. The van der Waals surface area contributed by atoms with Crippen LogP contribution in [0.5, 0.6) is 0 Å². The summed E-state index contributed by atoms with van der Waals surface area (Å²) in [5.41, 5.74) is 1.50. The van der Waals surface area contributed by atoms with Crippen molar-refractivity contribution in [3.63, 3.8) is 0 Å². The van der Waals surface area contributed by atoms with Gasteiger partial charge >= 0.3 is 6.09 Å². The minimum atomic E-state index is -0.951. The number of halogens is 2. The smallest absolute Gasteiger partial charge is 0.416 e. The number of ether oxygens (including phenoxy) is 1. The van der Waals surface area contributed by atoms with E-state index in [2.05, 4.69) is 0 Å². The molecule has 1 aliphatic heterocycles. The Balaban J connectivity index is 1.64. The molecule has 0 spiro atoms. The van der Waals surface area contributed by atoms with Crippen molar-refractivity contribution in [2.24, 2.45) is 0 Å². The number of nitrogens with zero attached hydrogens (tertiary/aromatic N) is 1. The zero-order valence-corrected chi connectivity index (χ0v) is 13.5. The summed E-state index contributed by atoms with van der Waals surface area (Å²) in [6, 6.07) is 12.7. The minimum absolute atomic E-state index is 0.0193. The zero-order chi connectivity index (χ0) is 17.8. The summed E-state index contributed by atoms with van der Waals surface area (Å²) < 4.78 is 31.2. The summed E-state index contributed by atoms with van der Waals surface area (Å²) >= 11 is 0. The lowest BCUT2D eigenvalue weighted by Crippen LogP contribution is -2.40. The zero-order valence-electron chi connectivity index (χ0n) is 13.5. The molecule has 0 saturated carbocycles. The maximum Gasteiger partial charge on any atom is 0.416 e. The molecule has 1 aliphatic rings. The number of amides is 2. The van der Waals surface area contributed by atoms with E-state index in [1.54, 1.807) is 0 Å². The average molecular weight is 345 g/mol. The number of carbonyl (C=O) groups is 2. The van der Waals surface area contributed by atoms with E-state index >= 15 is 0 Å². The van der Waals surface area contributed by atoms with Crippen LogP contribution < -0.4 is 0 Å². The highest BCUT2D eigenvalue weighted by atomic mass is 19.2. The van der Waals surface area contributed by atoms with Crippen molar-refractivity contribution >= 4 is 12.0 Å². The molecule has 0 N–H and O–H groups in total. The monoisotopic (exact) mass is 345 g/mol. The number of carbonyl (C=O) groups excluding carboxylic acids is 2. The van der Waals surface area contributed by atoms with Crippen molar-refractivity contribution in [1.29, 1.82) is 0 Å². The first-order valence-corrected chi connectivity index (χ1v) is 8.01. The number of imide groups is 1. The maximum absolute atomic E-state index is 13.2. The Morgan fingerprint density at radius 1 is 1.08 bits per heavy atom. The molecule has 130 valence electrons. The lowest BCUT2D eigenvalue weighted by molar-refractivity contribution is -0.129. The molecule has 3 rings (SSSR count). The molecule has 0 radical (unpaired) electrons. The summed E-state index contributed by atoms with van der Waals surface area (Å²) in [7, 11) is 0. The van der Waals surface area contributed by atoms with Crippen LogP contribution in [0.3, 0.4) is 0 Å². The van der Waals surface area contributed by atoms with E-state index in [9.17, 15) is 18.4 Å². The third-order valence-corrected chi connectivity index (χ3v) is 4.16. The number of aryl methyl sites for hydroxylation is 1. The molecular weight excluding hydrogens is 328 g/mol. The van der Waals surface area contributed by atoms with Crippen molar-refractivity contribution in [2.75, 3.05) is 6.61 Å². The van der Waals surface area contributed by atoms with Crippen LogP contribution in [0, 0.1) is 11.6 Å². The number of hydrogen-bond acceptors (Lipinski definition) is 3. The van der Waals surface area contributed by atoms with Crippen LogP contribution in [0.1, 0.15) is 17.5 Å². The molecule has 4 nitrogen and oxygen atoms in total. The normalized spacial score (nSPS) is 16.8. The van der Waals surface area contributed by atoms with Gasteiger partial charge in [-0.25, -0.2) is 18.5 Å². The molecule has 0 aromatic heterocycles. The van der Waals surface area contributed by atoms with E-state index in [0.717, 1.165) is 22.6 Å². The first kappa shape index (κ1) is 17.1. The lowest BCUT2D eigenvalue weighted by atomic mass is 10.0. The van der Waals surface area contributed by atoms with Gasteiger partial charge < -0.3 is 4.74 Å². The first-order chi connectivity index (χ1) is 12.0. The SMILES string of the molecule is O=C(CCc1ccc(F)c(F)c1)N1C(=O)OC[C@H]1Cc1ccccc1. The second kappa shape index (κ2) is 7.42. The Hall–Kier alpha value is -2.76. The van der Waals surface area contributed by atoms with Crippen LogP contribution in [0.25, 0.3) is 0 Å². The van der Waals surface area contributed by atoms with Gasteiger partial charge in [-0.15, -0.1) is 0 Å². The maximum atomic E-state index is 13.2. The Morgan fingerprint density at radius 2 is 1.84 bits per heavy atom. The Bertz CT molecular complexity index is 779. The third kappa shape index (κ3) is 4.02. The summed E-state index contributed by atoms with van der Waals surface area (Å²) in [6.45, 7) is 0.157. The summed E-state index contributed by atoms with van der Waals surface area (Å²) in [5, 5.41) is 0. The van der Waals surface area contributed by atoms with Crippen molar-refractivity contribution in [3.05, 3.63) is 71.3 Å². The molecule has 1 atom stereocenters. The highest BCUT2D eigenvalue weighted by Gasteiger charge is 2.37. The van der Waals surface area contributed by atoms with Gasteiger partial charge in [-0.1, -0.05) is 36.4 Å². The van der Waals surface area contributed by atoms with Crippen molar-refractivity contribution in [1.82, 2.24) is 4.90 Å². The highest BCUT2D eigenvalue weighted by molar-refractivity contribution is 5.93. The fourth-order valence-electron chi connectivity index (χ4n) is 2.87. The quantitative estimate of drug-likeness (QED) is 0.833. The van der Waals surface area contributed by atoms with Crippen LogP contribution >= 0.6 is 0 Å². The van der Waals surface area contributed by atoms with Gasteiger partial charge in [-0.2, -0.15) is 0 Å². The van der Waals surface area contributed by atoms with E-state index < -0.39 is 17.7 Å². The number of cyclic esters (lactones) is 1. The van der Waals surface area contributed by atoms with Gasteiger partial charge in [-0.3, -0.25) is 4.79 Å². The van der Waals surface area contributed by atoms with Crippen LogP contribution in [0.4, 0.5) is 13.6 Å². The number of hydrogen-bond donors (Lipinski definition) is 0. The largest absolute Gasteiger partial charge is 0.447 e.